The van der Waals surface area contributed by atoms with Gasteiger partial charge in [-0.3, -0.25) is 9.59 Å². The van der Waals surface area contributed by atoms with E-state index < -0.39 is 116 Å². The number of amides is 1. The van der Waals surface area contributed by atoms with Crippen LogP contribution in [0.4, 0.5) is 0 Å². The fraction of sp³-hybridized carbons (Fsp3) is 0.944. The number of unbranched alkanes of at least 4 members (excludes halogenated alkanes) is 10. The van der Waals surface area contributed by atoms with Crippen molar-refractivity contribution in [3.63, 3.8) is 0 Å². The summed E-state index contributed by atoms with van der Waals surface area (Å²) < 4.78 is 22.5. The highest BCUT2D eigenvalue weighted by Gasteiger charge is 2.52. The van der Waals surface area contributed by atoms with E-state index >= 15 is 0 Å². The Kier molecular flexibility index (Phi) is 23.8. The van der Waals surface area contributed by atoms with Crippen LogP contribution in [-0.2, 0) is 28.5 Å². The standard InChI is InChI=1S/C22H43N5O13.C14H28O2/c23-2-1-8(29)20(36)27-7-3-6(25)18(39-22-16(34)15(33)13(31)9(4-24)37-22)17(35)19(7)40-21-14(32)11(26)12(30)10(5-28)38-21;1-2-3-4-5-6-7-8-9-10-11-12-13-14(15)16/h6-19,21-22,28-35H,1-5,23-26H2,(H,27,36);2-13H2,1H3,(H,15,16)/t6-,7+,8-,9+,10+,11-,12+,13+,14+,15-,16+,17-,18+,19-,21+,22+;/m0./s1. The van der Waals surface area contributed by atoms with Gasteiger partial charge in [0.15, 0.2) is 12.6 Å². The maximum absolute atomic E-state index is 12.6. The van der Waals surface area contributed by atoms with Gasteiger partial charge in [-0.15, -0.1) is 0 Å². The zero-order chi connectivity index (χ0) is 41.9. The lowest BCUT2D eigenvalue weighted by atomic mass is 9.83. The Labute approximate surface area is 328 Å². The Morgan fingerprint density at radius 2 is 1.27 bits per heavy atom. The summed E-state index contributed by atoms with van der Waals surface area (Å²) in [5.41, 5.74) is 23.1. The molecule has 0 unspecified atom stereocenters. The normalized spacial score (nSPS) is 36.6. The summed E-state index contributed by atoms with van der Waals surface area (Å²) in [6.45, 7) is 1.35. The van der Waals surface area contributed by atoms with Gasteiger partial charge in [0.2, 0.25) is 5.91 Å². The van der Waals surface area contributed by atoms with Crippen molar-refractivity contribution in [3.05, 3.63) is 0 Å². The smallest absolute Gasteiger partial charge is 0.303 e. The number of carbonyl (C=O) groups is 2. The SMILES string of the molecule is CCCCCCCCCCCCCC(=O)O.NCC[C@H](O)C(=O)N[C@@H]1C[C@H](N)[C@@H](O[C@H]2O[C@H](CN)[C@@H](O)[C@H](O)[C@H]2O)[C@H](O)[C@H]1O[C@H]1O[C@H](CO)[C@@H](O)[C@H](N)[C@H]1O. The number of nitrogens with one attached hydrogen (secondary N) is 1. The minimum absolute atomic E-state index is 0.0101. The minimum atomic E-state index is -1.76. The second kappa shape index (κ2) is 26.4. The first kappa shape index (κ1) is 50.4. The fourth-order valence-electron chi connectivity index (χ4n) is 7.01. The summed E-state index contributed by atoms with van der Waals surface area (Å²) in [4.78, 5) is 22.8. The van der Waals surface area contributed by atoms with Crippen LogP contribution in [0, 0.1) is 0 Å². The number of carbonyl (C=O) groups excluding carboxylic acids is 1. The average molecular weight is 814 g/mol. The molecule has 16 atom stereocenters. The molecule has 0 radical (unpaired) electrons. The molecule has 2 heterocycles. The molecule has 2 aliphatic heterocycles. The average Bonchev–Trinajstić information content (AvgIpc) is 3.17. The Balaban J connectivity index is 0.000000570. The minimum Gasteiger partial charge on any atom is -0.481 e. The summed E-state index contributed by atoms with van der Waals surface area (Å²) in [5, 5.41) is 93.3. The van der Waals surface area contributed by atoms with Crippen LogP contribution in [0.25, 0.3) is 0 Å². The van der Waals surface area contributed by atoms with Crippen LogP contribution in [0.3, 0.4) is 0 Å². The topological polar surface area (TPSA) is 369 Å². The quantitative estimate of drug-likeness (QED) is 0.0469. The molecule has 1 amide bonds. The summed E-state index contributed by atoms with van der Waals surface area (Å²) in [7, 11) is 0. The van der Waals surface area contributed by atoms with Gasteiger partial charge in [-0.05, 0) is 25.8 Å². The van der Waals surface area contributed by atoms with E-state index in [1.54, 1.807) is 0 Å². The summed E-state index contributed by atoms with van der Waals surface area (Å²) in [5.74, 6) is -1.50. The molecule has 330 valence electrons. The second-order valence-corrected chi connectivity index (χ2v) is 15.0. The van der Waals surface area contributed by atoms with Gasteiger partial charge in [0.1, 0.15) is 67.1 Å². The van der Waals surface area contributed by atoms with Crippen molar-refractivity contribution in [1.29, 1.82) is 0 Å². The molecule has 3 fully saturated rings. The lowest BCUT2D eigenvalue weighted by Gasteiger charge is -2.49. The van der Waals surface area contributed by atoms with E-state index in [0.29, 0.717) is 6.42 Å². The highest BCUT2D eigenvalue weighted by molar-refractivity contribution is 5.80. The third-order valence-corrected chi connectivity index (χ3v) is 10.5. The number of aliphatic hydroxyl groups is 8. The van der Waals surface area contributed by atoms with Crippen molar-refractivity contribution in [2.75, 3.05) is 19.7 Å². The fourth-order valence-corrected chi connectivity index (χ4v) is 7.01. The van der Waals surface area contributed by atoms with Gasteiger partial charge < -0.3 is 93.2 Å². The van der Waals surface area contributed by atoms with Gasteiger partial charge in [0.05, 0.1) is 18.7 Å². The predicted octanol–water partition coefficient (Wildman–Crippen LogP) is -3.65. The van der Waals surface area contributed by atoms with Crippen molar-refractivity contribution in [2.45, 2.75) is 195 Å². The highest BCUT2D eigenvalue weighted by atomic mass is 16.7. The lowest BCUT2D eigenvalue weighted by molar-refractivity contribution is -0.332. The summed E-state index contributed by atoms with van der Waals surface area (Å²) in [6.07, 6.45) is -5.46. The number of nitrogens with two attached hydrogens (primary N) is 4. The number of carboxylic acids is 1. The Morgan fingerprint density at radius 1 is 0.732 bits per heavy atom. The number of ether oxygens (including phenoxy) is 4. The maximum atomic E-state index is 12.6. The van der Waals surface area contributed by atoms with Gasteiger partial charge >= 0.3 is 5.97 Å². The van der Waals surface area contributed by atoms with Crippen LogP contribution in [0.1, 0.15) is 96.8 Å². The highest BCUT2D eigenvalue weighted by Crippen LogP contribution is 2.32. The number of aliphatic hydroxyl groups excluding tert-OH is 8. The molecule has 2 saturated heterocycles. The molecule has 0 aromatic rings. The molecule has 1 saturated carbocycles. The van der Waals surface area contributed by atoms with Crippen molar-refractivity contribution in [2.24, 2.45) is 22.9 Å². The number of hydrogen-bond donors (Lipinski definition) is 14. The number of carboxylic acid groups (broad SMARTS) is 1. The molecule has 0 spiro atoms. The van der Waals surface area contributed by atoms with Crippen molar-refractivity contribution >= 4 is 11.9 Å². The molecule has 18 N–H and O–H groups in total. The van der Waals surface area contributed by atoms with E-state index in [1.807, 2.05) is 0 Å². The van der Waals surface area contributed by atoms with Crippen LogP contribution >= 0.6 is 0 Å². The third-order valence-electron chi connectivity index (χ3n) is 10.5. The van der Waals surface area contributed by atoms with Gasteiger partial charge in [-0.25, -0.2) is 0 Å². The lowest BCUT2D eigenvalue weighted by Crippen LogP contribution is -2.69. The first-order chi connectivity index (χ1) is 26.6. The van der Waals surface area contributed by atoms with E-state index in [1.165, 1.54) is 57.8 Å². The Morgan fingerprint density at radius 3 is 1.80 bits per heavy atom. The Hall–Kier alpha value is -1.70. The first-order valence-electron chi connectivity index (χ1n) is 20.1. The molecule has 20 nitrogen and oxygen atoms in total. The Bertz CT molecular complexity index is 1100. The first-order valence-corrected chi connectivity index (χ1v) is 20.1. The maximum Gasteiger partial charge on any atom is 0.303 e. The molecular weight excluding hydrogens is 742 g/mol. The molecule has 3 aliphatic rings. The number of aliphatic carboxylic acids is 1. The van der Waals surface area contributed by atoms with E-state index in [9.17, 15) is 50.4 Å². The van der Waals surface area contributed by atoms with E-state index in [-0.39, 0.29) is 25.9 Å². The van der Waals surface area contributed by atoms with E-state index in [0.717, 1.165) is 12.8 Å². The molecule has 1 aliphatic carbocycles. The third kappa shape index (κ3) is 15.5. The number of rotatable bonds is 22. The largest absolute Gasteiger partial charge is 0.481 e. The van der Waals surface area contributed by atoms with Gasteiger partial charge in [-0.1, -0.05) is 71.1 Å². The van der Waals surface area contributed by atoms with Gasteiger partial charge in [0.25, 0.3) is 0 Å². The number of hydrogen-bond acceptors (Lipinski definition) is 18. The molecule has 0 aromatic heterocycles. The zero-order valence-corrected chi connectivity index (χ0v) is 32.5. The molecule has 20 heteroatoms. The van der Waals surface area contributed by atoms with Gasteiger partial charge in [-0.2, -0.15) is 0 Å². The molecule has 0 aromatic carbocycles. The van der Waals surface area contributed by atoms with Crippen LogP contribution in [-0.4, -0.2) is 175 Å². The second-order valence-electron chi connectivity index (χ2n) is 15.0. The van der Waals surface area contributed by atoms with Crippen LogP contribution < -0.4 is 28.3 Å². The zero-order valence-electron chi connectivity index (χ0n) is 32.5. The molecule has 56 heavy (non-hydrogen) atoms. The van der Waals surface area contributed by atoms with Crippen molar-refractivity contribution in [1.82, 2.24) is 5.32 Å². The summed E-state index contributed by atoms with van der Waals surface area (Å²) >= 11 is 0. The van der Waals surface area contributed by atoms with Gasteiger partial charge in [0, 0.05) is 19.0 Å². The monoisotopic (exact) mass is 813 g/mol. The molecule has 3 rings (SSSR count). The van der Waals surface area contributed by atoms with Crippen LogP contribution in [0.2, 0.25) is 0 Å². The molecule has 0 bridgehead atoms. The van der Waals surface area contributed by atoms with Crippen molar-refractivity contribution < 1.29 is 74.5 Å². The van der Waals surface area contributed by atoms with E-state index in [2.05, 4.69) is 12.2 Å². The van der Waals surface area contributed by atoms with Crippen LogP contribution in [0.15, 0.2) is 0 Å². The predicted molar refractivity (Wildman–Crippen MR) is 200 cm³/mol. The summed E-state index contributed by atoms with van der Waals surface area (Å²) in [6, 6.07) is -3.45. The van der Waals surface area contributed by atoms with Crippen LogP contribution in [0.5, 0.6) is 0 Å². The van der Waals surface area contributed by atoms with E-state index in [4.69, 9.17) is 47.0 Å². The van der Waals surface area contributed by atoms with Crippen molar-refractivity contribution in [3.8, 4) is 0 Å². The molecular formula is C36H71N5O15.